The number of fused-ring (bicyclic) bond motifs is 9. The molecule has 2 heterocycles. The number of nitrogens with one attached hydrogen (secondary N) is 1. The number of para-hydroxylation sites is 2. The van der Waals surface area contributed by atoms with Crippen LogP contribution in [-0.4, -0.2) is 10.3 Å². The van der Waals surface area contributed by atoms with Crippen molar-refractivity contribution in [2.75, 3.05) is 5.32 Å². The number of nitrogens with zero attached hydrogens (tertiary/aromatic N) is 2. The SMILES string of the molecule is c1ccc(-c2cccc(-c3ccc(C4Nc5ccccc5N=C4c4ccc(-n5c6ccc7ccccc7c6c6c7ccccc7ccc65)c5ccccc45)cc3)c2)cc1. The fourth-order valence-electron chi connectivity index (χ4n) is 9.45. The molecular weight excluding hydrogens is 715 g/mol. The molecule has 0 radical (unpaired) electrons. The summed E-state index contributed by atoms with van der Waals surface area (Å²) in [6.07, 6.45) is 0. The van der Waals surface area contributed by atoms with Crippen LogP contribution in [0.3, 0.4) is 0 Å². The molecule has 1 aliphatic rings. The van der Waals surface area contributed by atoms with E-state index in [-0.39, 0.29) is 6.04 Å². The Morgan fingerprint density at radius 1 is 0.407 bits per heavy atom. The van der Waals surface area contributed by atoms with E-state index in [4.69, 9.17) is 4.99 Å². The van der Waals surface area contributed by atoms with E-state index in [9.17, 15) is 0 Å². The van der Waals surface area contributed by atoms with Crippen molar-refractivity contribution in [1.82, 2.24) is 4.57 Å². The van der Waals surface area contributed by atoms with Gasteiger partial charge in [-0.1, -0.05) is 176 Å². The summed E-state index contributed by atoms with van der Waals surface area (Å²) in [5.74, 6) is 0. The summed E-state index contributed by atoms with van der Waals surface area (Å²) in [6.45, 7) is 0. The van der Waals surface area contributed by atoms with Crippen LogP contribution >= 0.6 is 0 Å². The van der Waals surface area contributed by atoms with E-state index in [1.165, 1.54) is 76.4 Å². The molecule has 0 fully saturated rings. The monoisotopic (exact) mass is 751 g/mol. The van der Waals surface area contributed by atoms with Gasteiger partial charge in [-0.05, 0) is 91.1 Å². The molecule has 0 aliphatic carbocycles. The molecule has 276 valence electrons. The van der Waals surface area contributed by atoms with Crippen molar-refractivity contribution in [3.8, 4) is 27.9 Å². The zero-order chi connectivity index (χ0) is 38.9. The van der Waals surface area contributed by atoms with Crippen molar-refractivity contribution in [3.63, 3.8) is 0 Å². The van der Waals surface area contributed by atoms with Gasteiger partial charge in [-0.2, -0.15) is 0 Å². The molecule has 59 heavy (non-hydrogen) atoms. The predicted molar refractivity (Wildman–Crippen MR) is 250 cm³/mol. The highest BCUT2D eigenvalue weighted by molar-refractivity contribution is 6.29. The molecule has 3 nitrogen and oxygen atoms in total. The maximum absolute atomic E-state index is 5.46. The summed E-state index contributed by atoms with van der Waals surface area (Å²) in [7, 11) is 0. The number of benzene rings is 10. The topological polar surface area (TPSA) is 29.3 Å². The minimum absolute atomic E-state index is 0.158. The van der Waals surface area contributed by atoms with Crippen LogP contribution in [0.25, 0.3) is 82.1 Å². The van der Waals surface area contributed by atoms with Gasteiger partial charge in [0.1, 0.15) is 0 Å². The summed E-state index contributed by atoms with van der Waals surface area (Å²) < 4.78 is 2.48. The third-order valence-electron chi connectivity index (χ3n) is 12.2. The van der Waals surface area contributed by atoms with Crippen LogP contribution in [0.4, 0.5) is 11.4 Å². The molecule has 1 N–H and O–H groups in total. The molecular formula is C56H37N3. The quantitative estimate of drug-likeness (QED) is 0.186. The van der Waals surface area contributed by atoms with Crippen molar-refractivity contribution in [1.29, 1.82) is 0 Å². The summed E-state index contributed by atoms with van der Waals surface area (Å²) >= 11 is 0. The molecule has 0 saturated carbocycles. The Bertz CT molecular complexity index is 3370. The summed E-state index contributed by atoms with van der Waals surface area (Å²) in [5.41, 5.74) is 13.6. The summed E-state index contributed by atoms with van der Waals surface area (Å²) in [4.78, 5) is 5.46. The van der Waals surface area contributed by atoms with Gasteiger partial charge >= 0.3 is 0 Å². The molecule has 3 heteroatoms. The van der Waals surface area contributed by atoms with Crippen LogP contribution in [0, 0.1) is 0 Å². The van der Waals surface area contributed by atoms with Gasteiger partial charge in [-0.3, -0.25) is 0 Å². The highest BCUT2D eigenvalue weighted by Gasteiger charge is 2.28. The van der Waals surface area contributed by atoms with Crippen molar-refractivity contribution < 1.29 is 0 Å². The molecule has 10 aromatic carbocycles. The maximum atomic E-state index is 5.46. The van der Waals surface area contributed by atoms with E-state index < -0.39 is 0 Å². The zero-order valence-corrected chi connectivity index (χ0v) is 32.2. The molecule has 0 amide bonds. The fourth-order valence-corrected chi connectivity index (χ4v) is 9.45. The molecule has 0 bridgehead atoms. The van der Waals surface area contributed by atoms with Gasteiger partial charge in [0.15, 0.2) is 0 Å². The van der Waals surface area contributed by atoms with Crippen molar-refractivity contribution in [2.24, 2.45) is 4.99 Å². The molecule has 0 spiro atoms. The van der Waals surface area contributed by atoms with Gasteiger partial charge in [0.2, 0.25) is 0 Å². The number of aromatic nitrogens is 1. The van der Waals surface area contributed by atoms with E-state index in [0.29, 0.717) is 0 Å². The zero-order valence-electron chi connectivity index (χ0n) is 32.2. The average molecular weight is 752 g/mol. The second-order valence-electron chi connectivity index (χ2n) is 15.5. The Kier molecular flexibility index (Phi) is 7.60. The van der Waals surface area contributed by atoms with Gasteiger partial charge in [0.05, 0.1) is 39.8 Å². The lowest BCUT2D eigenvalue weighted by Gasteiger charge is -2.29. The lowest BCUT2D eigenvalue weighted by atomic mass is 9.89. The first kappa shape index (κ1) is 33.4. The smallest absolute Gasteiger partial charge is 0.0947 e. The number of anilines is 1. The molecule has 1 atom stereocenters. The number of hydrogen-bond donors (Lipinski definition) is 1. The summed E-state index contributed by atoms with van der Waals surface area (Å²) in [5, 5.41) is 13.9. The Labute approximate surface area is 342 Å². The number of aliphatic imine (C=N–C) groups is 1. The van der Waals surface area contributed by atoms with Crippen LogP contribution in [0.1, 0.15) is 17.2 Å². The maximum Gasteiger partial charge on any atom is 0.0947 e. The van der Waals surface area contributed by atoms with Crippen LogP contribution in [0.15, 0.2) is 217 Å². The van der Waals surface area contributed by atoms with E-state index in [1.807, 2.05) is 0 Å². The highest BCUT2D eigenvalue weighted by Crippen LogP contribution is 2.44. The second-order valence-corrected chi connectivity index (χ2v) is 15.5. The van der Waals surface area contributed by atoms with Gasteiger partial charge in [-0.15, -0.1) is 0 Å². The Hall–Kier alpha value is -7.75. The van der Waals surface area contributed by atoms with Crippen LogP contribution in [-0.2, 0) is 0 Å². The molecule has 1 unspecified atom stereocenters. The highest BCUT2D eigenvalue weighted by atomic mass is 15.0. The Morgan fingerprint density at radius 2 is 0.966 bits per heavy atom. The van der Waals surface area contributed by atoms with Crippen LogP contribution in [0.2, 0.25) is 0 Å². The molecule has 1 aliphatic heterocycles. The largest absolute Gasteiger partial charge is 0.371 e. The third kappa shape index (κ3) is 5.40. The van der Waals surface area contributed by atoms with Crippen molar-refractivity contribution in [3.05, 3.63) is 223 Å². The molecule has 1 aromatic heterocycles. The van der Waals surface area contributed by atoms with Gasteiger partial charge in [0, 0.05) is 21.7 Å². The first-order chi connectivity index (χ1) is 29.3. The molecule has 0 saturated heterocycles. The minimum atomic E-state index is -0.158. The standard InChI is InChI=1S/C56H37N3/c1-2-13-36(14-3-1)41-17-12-18-42(35-41)37-25-27-40(28-26-37)55-56(58-49-24-11-10-23-48(49)57-55)47-31-34-50(46-22-9-8-21-45(46)47)59-51-32-29-38-15-4-6-19-43(38)53(51)54-44-20-7-5-16-39(44)30-33-52(54)59/h1-35,55,57H. The van der Waals surface area contributed by atoms with Gasteiger partial charge < -0.3 is 9.88 Å². The van der Waals surface area contributed by atoms with E-state index in [2.05, 4.69) is 222 Å². The number of rotatable bonds is 5. The van der Waals surface area contributed by atoms with Crippen LogP contribution in [0.5, 0.6) is 0 Å². The fraction of sp³-hybridized carbons (Fsp3) is 0.0179. The van der Waals surface area contributed by atoms with E-state index in [0.717, 1.165) is 33.9 Å². The van der Waals surface area contributed by atoms with Crippen molar-refractivity contribution in [2.45, 2.75) is 6.04 Å². The van der Waals surface area contributed by atoms with Crippen molar-refractivity contribution >= 4 is 71.2 Å². The average Bonchev–Trinajstić information content (AvgIpc) is 3.66. The lowest BCUT2D eigenvalue weighted by Crippen LogP contribution is -2.25. The predicted octanol–water partition coefficient (Wildman–Crippen LogP) is 14.9. The Morgan fingerprint density at radius 3 is 1.66 bits per heavy atom. The van der Waals surface area contributed by atoms with Gasteiger partial charge in [0.25, 0.3) is 0 Å². The third-order valence-corrected chi connectivity index (χ3v) is 12.2. The molecule has 11 aromatic rings. The first-order valence-electron chi connectivity index (χ1n) is 20.3. The molecule has 12 rings (SSSR count). The number of hydrogen-bond acceptors (Lipinski definition) is 2. The van der Waals surface area contributed by atoms with E-state index >= 15 is 0 Å². The van der Waals surface area contributed by atoms with Crippen LogP contribution < -0.4 is 5.32 Å². The Balaban J connectivity index is 1.02. The summed E-state index contributed by atoms with van der Waals surface area (Å²) in [6, 6.07) is 76.7. The second kappa shape index (κ2) is 13.4. The normalized spacial score (nSPS) is 13.8. The minimum Gasteiger partial charge on any atom is -0.371 e. The van der Waals surface area contributed by atoms with Gasteiger partial charge in [-0.25, -0.2) is 4.99 Å². The van der Waals surface area contributed by atoms with E-state index in [1.54, 1.807) is 0 Å². The first-order valence-corrected chi connectivity index (χ1v) is 20.3. The lowest BCUT2D eigenvalue weighted by molar-refractivity contribution is 1.02.